The molecule has 4 atom stereocenters. The molecule has 3 heterocycles. The molecule has 0 radical (unpaired) electrons. The lowest BCUT2D eigenvalue weighted by molar-refractivity contribution is -0.172. The molecule has 1 aromatic carbocycles. The topological polar surface area (TPSA) is 86.9 Å². The highest BCUT2D eigenvalue weighted by Crippen LogP contribution is 2.40. The first-order valence-corrected chi connectivity index (χ1v) is 6.62. The SMILES string of the molecule is O=C(OCC1CO1)c1ccccc1C(=O)OC1OC2OC12. The second-order valence-electron chi connectivity index (χ2n) is 4.98. The van der Waals surface area contributed by atoms with Gasteiger partial charge < -0.3 is 23.7 Å². The summed E-state index contributed by atoms with van der Waals surface area (Å²) in [5, 5.41) is 0. The molecule has 3 aliphatic heterocycles. The molecule has 0 bridgehead atoms. The van der Waals surface area contributed by atoms with Gasteiger partial charge in [0.15, 0.2) is 12.4 Å². The number of fused-ring (bicyclic) bond motifs is 1. The summed E-state index contributed by atoms with van der Waals surface area (Å²) >= 11 is 0. The Morgan fingerprint density at radius 2 is 1.86 bits per heavy atom. The van der Waals surface area contributed by atoms with Crippen LogP contribution in [0.25, 0.3) is 0 Å². The maximum atomic E-state index is 12.1. The van der Waals surface area contributed by atoms with Gasteiger partial charge in [-0.2, -0.15) is 0 Å². The van der Waals surface area contributed by atoms with E-state index >= 15 is 0 Å². The molecule has 0 amide bonds. The van der Waals surface area contributed by atoms with Crippen molar-refractivity contribution < 1.29 is 33.3 Å². The average Bonchev–Trinajstić information content (AvgIpc) is 3.39. The van der Waals surface area contributed by atoms with Gasteiger partial charge >= 0.3 is 11.9 Å². The Balaban J connectivity index is 1.45. The van der Waals surface area contributed by atoms with Crippen LogP contribution in [0.5, 0.6) is 0 Å². The van der Waals surface area contributed by atoms with Gasteiger partial charge in [-0.15, -0.1) is 0 Å². The predicted molar refractivity (Wildman–Crippen MR) is 65.4 cm³/mol. The highest BCUT2D eigenvalue weighted by atomic mass is 16.9. The summed E-state index contributed by atoms with van der Waals surface area (Å²) in [4.78, 5) is 24.1. The normalized spacial score (nSPS) is 31.6. The molecule has 0 aliphatic carbocycles. The summed E-state index contributed by atoms with van der Waals surface area (Å²) in [6, 6.07) is 6.33. The van der Waals surface area contributed by atoms with Crippen LogP contribution in [0.2, 0.25) is 0 Å². The fourth-order valence-electron chi connectivity index (χ4n) is 2.05. The van der Waals surface area contributed by atoms with Crippen LogP contribution in [0.1, 0.15) is 20.7 Å². The number of hydrogen-bond donors (Lipinski definition) is 0. The zero-order valence-electron chi connectivity index (χ0n) is 10.9. The third kappa shape index (κ3) is 2.51. The second kappa shape index (κ2) is 4.80. The van der Waals surface area contributed by atoms with E-state index in [-0.39, 0.29) is 36.2 Å². The molecular formula is C14H12O7. The molecule has 4 unspecified atom stereocenters. The first kappa shape index (κ1) is 12.8. The fraction of sp³-hybridized carbons (Fsp3) is 0.429. The molecule has 1 aromatic rings. The third-order valence-corrected chi connectivity index (χ3v) is 3.41. The number of benzene rings is 1. The Bertz CT molecular complexity index is 595. The van der Waals surface area contributed by atoms with Crippen LogP contribution in [0.4, 0.5) is 0 Å². The Kier molecular flexibility index (Phi) is 2.91. The summed E-state index contributed by atoms with van der Waals surface area (Å²) in [5.74, 6) is -1.21. The number of ether oxygens (including phenoxy) is 5. The first-order chi connectivity index (χ1) is 10.2. The number of epoxide rings is 2. The zero-order valence-corrected chi connectivity index (χ0v) is 10.9. The molecule has 7 nitrogen and oxygen atoms in total. The van der Waals surface area contributed by atoms with E-state index in [9.17, 15) is 9.59 Å². The van der Waals surface area contributed by atoms with Gasteiger partial charge in [-0.1, -0.05) is 12.1 Å². The number of rotatable bonds is 5. The lowest BCUT2D eigenvalue weighted by atomic mass is 10.1. The molecule has 0 aromatic heterocycles. The van der Waals surface area contributed by atoms with Gasteiger partial charge in [-0.05, 0) is 12.1 Å². The van der Waals surface area contributed by atoms with E-state index in [4.69, 9.17) is 23.7 Å². The highest BCUT2D eigenvalue weighted by molar-refractivity contribution is 6.03. The van der Waals surface area contributed by atoms with Gasteiger partial charge in [0.2, 0.25) is 6.29 Å². The number of hydrogen-bond acceptors (Lipinski definition) is 7. The van der Waals surface area contributed by atoms with Crippen molar-refractivity contribution in [1.82, 2.24) is 0 Å². The molecule has 110 valence electrons. The fourth-order valence-corrected chi connectivity index (χ4v) is 2.05. The van der Waals surface area contributed by atoms with Crippen LogP contribution in [0.3, 0.4) is 0 Å². The molecule has 7 heteroatoms. The van der Waals surface area contributed by atoms with E-state index in [0.29, 0.717) is 6.61 Å². The molecule has 0 saturated carbocycles. The van der Waals surface area contributed by atoms with E-state index < -0.39 is 18.2 Å². The van der Waals surface area contributed by atoms with Gasteiger partial charge in [0.25, 0.3) is 0 Å². The Hall–Kier alpha value is -1.96. The van der Waals surface area contributed by atoms with Crippen molar-refractivity contribution in [1.29, 1.82) is 0 Å². The zero-order chi connectivity index (χ0) is 14.4. The van der Waals surface area contributed by atoms with E-state index in [1.165, 1.54) is 12.1 Å². The lowest BCUT2D eigenvalue weighted by Crippen LogP contribution is -2.37. The summed E-state index contributed by atoms with van der Waals surface area (Å²) in [6.07, 6.45) is -1.12. The van der Waals surface area contributed by atoms with Gasteiger partial charge in [-0.25, -0.2) is 9.59 Å². The largest absolute Gasteiger partial charge is 0.459 e. The Labute approximate surface area is 119 Å². The Morgan fingerprint density at radius 3 is 2.43 bits per heavy atom. The minimum Gasteiger partial charge on any atom is -0.459 e. The molecular weight excluding hydrogens is 280 g/mol. The van der Waals surface area contributed by atoms with E-state index in [2.05, 4.69) is 0 Å². The van der Waals surface area contributed by atoms with Crippen molar-refractivity contribution in [2.75, 3.05) is 13.2 Å². The molecule has 0 spiro atoms. The monoisotopic (exact) mass is 292 g/mol. The molecule has 3 aliphatic rings. The second-order valence-corrected chi connectivity index (χ2v) is 4.98. The van der Waals surface area contributed by atoms with Gasteiger partial charge in [0, 0.05) is 0 Å². The predicted octanol–water partition coefficient (Wildman–Crippen LogP) is 0.480. The molecule has 3 fully saturated rings. The number of carbonyl (C=O) groups is 2. The number of carbonyl (C=O) groups excluding carboxylic acids is 2. The van der Waals surface area contributed by atoms with Crippen molar-refractivity contribution >= 4 is 11.9 Å². The number of esters is 2. The molecule has 3 saturated heterocycles. The average molecular weight is 292 g/mol. The van der Waals surface area contributed by atoms with Crippen molar-refractivity contribution in [2.24, 2.45) is 0 Å². The van der Waals surface area contributed by atoms with E-state index in [1.807, 2.05) is 0 Å². The van der Waals surface area contributed by atoms with Crippen LogP contribution >= 0.6 is 0 Å². The Morgan fingerprint density at radius 1 is 1.14 bits per heavy atom. The maximum absolute atomic E-state index is 12.1. The smallest absolute Gasteiger partial charge is 0.341 e. The van der Waals surface area contributed by atoms with Crippen LogP contribution in [-0.4, -0.2) is 49.9 Å². The summed E-state index contributed by atoms with van der Waals surface area (Å²) in [7, 11) is 0. The van der Waals surface area contributed by atoms with Crippen molar-refractivity contribution in [3.05, 3.63) is 35.4 Å². The molecule has 21 heavy (non-hydrogen) atoms. The standard InChI is InChI=1S/C14H12O7/c15-11(18-6-7-5-17-7)8-3-1-2-4-9(8)12(16)20-14-10-13(19-10)21-14/h1-4,7,10,13-14H,5-6H2. The minimum atomic E-state index is -0.688. The van der Waals surface area contributed by atoms with Gasteiger partial charge in [-0.3, -0.25) is 0 Å². The van der Waals surface area contributed by atoms with E-state index in [0.717, 1.165) is 0 Å². The lowest BCUT2D eigenvalue weighted by Gasteiger charge is -2.21. The quantitative estimate of drug-likeness (QED) is 0.576. The van der Waals surface area contributed by atoms with E-state index in [1.54, 1.807) is 12.1 Å². The van der Waals surface area contributed by atoms with Crippen molar-refractivity contribution in [3.8, 4) is 0 Å². The van der Waals surface area contributed by atoms with Crippen molar-refractivity contribution in [3.63, 3.8) is 0 Å². The van der Waals surface area contributed by atoms with Crippen molar-refractivity contribution in [2.45, 2.75) is 24.8 Å². The third-order valence-electron chi connectivity index (χ3n) is 3.41. The molecule has 0 N–H and O–H groups in total. The van der Waals surface area contributed by atoms with Crippen LogP contribution < -0.4 is 0 Å². The molecule has 4 rings (SSSR count). The maximum Gasteiger partial charge on any atom is 0.341 e. The van der Waals surface area contributed by atoms with Gasteiger partial charge in [0.05, 0.1) is 17.7 Å². The highest BCUT2D eigenvalue weighted by Gasteiger charge is 2.61. The summed E-state index contributed by atoms with van der Waals surface area (Å²) < 4.78 is 25.3. The van der Waals surface area contributed by atoms with Crippen LogP contribution in [0.15, 0.2) is 24.3 Å². The van der Waals surface area contributed by atoms with Crippen LogP contribution in [0, 0.1) is 0 Å². The summed E-state index contributed by atoms with van der Waals surface area (Å²) in [6.45, 7) is 0.782. The first-order valence-electron chi connectivity index (χ1n) is 6.62. The minimum absolute atomic E-state index is 0.0274. The van der Waals surface area contributed by atoms with Crippen LogP contribution in [-0.2, 0) is 23.7 Å². The van der Waals surface area contributed by atoms with Gasteiger partial charge in [0.1, 0.15) is 12.7 Å². The summed E-state index contributed by atoms with van der Waals surface area (Å²) in [5.41, 5.74) is 0.308.